The van der Waals surface area contributed by atoms with E-state index in [1.54, 1.807) is 16.2 Å². The molecule has 1 aliphatic heterocycles. The second-order valence-corrected chi connectivity index (χ2v) is 8.41. The van der Waals surface area contributed by atoms with E-state index in [0.717, 1.165) is 41.2 Å². The van der Waals surface area contributed by atoms with E-state index in [9.17, 15) is 9.90 Å². The number of thiophene rings is 1. The minimum atomic E-state index is -0.616. The Bertz CT molecular complexity index is 804. The van der Waals surface area contributed by atoms with Gasteiger partial charge in [-0.2, -0.15) is 0 Å². The van der Waals surface area contributed by atoms with Gasteiger partial charge in [0.1, 0.15) is 5.00 Å². The Morgan fingerprint density at radius 1 is 1.23 bits per heavy atom. The van der Waals surface area contributed by atoms with Gasteiger partial charge in [0.05, 0.1) is 24.9 Å². The topological polar surface area (TPSA) is 54.7 Å². The molecule has 0 aromatic carbocycles. The highest BCUT2D eigenvalue weighted by atomic mass is 32.1. The van der Waals surface area contributed by atoms with Crippen molar-refractivity contribution < 1.29 is 14.6 Å². The highest BCUT2D eigenvalue weighted by Gasteiger charge is 2.31. The van der Waals surface area contributed by atoms with Crippen molar-refractivity contribution in [3.8, 4) is 5.00 Å². The number of fused-ring (bicyclic) bond motifs is 1. The molecule has 0 spiro atoms. The maximum absolute atomic E-state index is 13.5. The summed E-state index contributed by atoms with van der Waals surface area (Å²) < 4.78 is 7.62. The van der Waals surface area contributed by atoms with Gasteiger partial charge >= 0.3 is 0 Å². The van der Waals surface area contributed by atoms with Gasteiger partial charge in [0.25, 0.3) is 5.91 Å². The van der Waals surface area contributed by atoms with Crippen molar-refractivity contribution >= 4 is 17.2 Å². The Labute approximate surface area is 158 Å². The van der Waals surface area contributed by atoms with E-state index in [1.165, 1.54) is 16.9 Å². The van der Waals surface area contributed by atoms with Gasteiger partial charge in [0.2, 0.25) is 0 Å². The molecule has 0 unspecified atom stereocenters. The summed E-state index contributed by atoms with van der Waals surface area (Å²) in [5.41, 5.74) is 4.37. The summed E-state index contributed by atoms with van der Waals surface area (Å²) in [6.45, 7) is 5.82. The number of carbonyl (C=O) groups excluding carboxylic acids is 1. The zero-order valence-electron chi connectivity index (χ0n) is 15.5. The van der Waals surface area contributed by atoms with Gasteiger partial charge in [-0.1, -0.05) is 0 Å². The largest absolute Gasteiger partial charge is 0.389 e. The quantitative estimate of drug-likeness (QED) is 0.879. The summed E-state index contributed by atoms with van der Waals surface area (Å²) in [6, 6.07) is 4.21. The van der Waals surface area contributed by atoms with Gasteiger partial charge in [-0.25, -0.2) is 0 Å². The number of amides is 1. The molecule has 1 fully saturated rings. The number of ether oxygens (including phenoxy) is 1. The van der Waals surface area contributed by atoms with Gasteiger partial charge in [-0.15, -0.1) is 11.3 Å². The van der Waals surface area contributed by atoms with Gasteiger partial charge in [-0.3, -0.25) is 4.79 Å². The number of aryl methyl sites for hydroxylation is 3. The Balaban J connectivity index is 1.81. The Kier molecular flexibility index (Phi) is 4.90. The summed E-state index contributed by atoms with van der Waals surface area (Å²) in [7, 11) is 0. The second-order valence-electron chi connectivity index (χ2n) is 7.32. The molecule has 2 aliphatic rings. The summed E-state index contributed by atoms with van der Waals surface area (Å²) in [5, 5.41) is 11.1. The number of aromatic nitrogens is 1. The van der Waals surface area contributed by atoms with Gasteiger partial charge in [0.15, 0.2) is 0 Å². The molecule has 5 nitrogen and oxygen atoms in total. The van der Waals surface area contributed by atoms with Gasteiger partial charge < -0.3 is 19.3 Å². The van der Waals surface area contributed by atoms with E-state index in [4.69, 9.17) is 4.74 Å². The molecular formula is C20H26N2O3S. The maximum Gasteiger partial charge on any atom is 0.257 e. The summed E-state index contributed by atoms with van der Waals surface area (Å²) in [6.07, 6.45) is 3.75. The van der Waals surface area contributed by atoms with Crippen LogP contribution in [0.1, 0.15) is 45.0 Å². The predicted molar refractivity (Wildman–Crippen MR) is 102 cm³/mol. The smallest absolute Gasteiger partial charge is 0.257 e. The average Bonchev–Trinajstić information content (AvgIpc) is 3.07. The zero-order chi connectivity index (χ0) is 18.3. The van der Waals surface area contributed by atoms with Crippen LogP contribution >= 0.6 is 11.3 Å². The van der Waals surface area contributed by atoms with Crippen LogP contribution in [0.5, 0.6) is 0 Å². The van der Waals surface area contributed by atoms with Crippen molar-refractivity contribution in [3.63, 3.8) is 0 Å². The fourth-order valence-electron chi connectivity index (χ4n) is 4.05. The molecule has 26 heavy (non-hydrogen) atoms. The predicted octanol–water partition coefficient (Wildman–Crippen LogP) is 2.87. The van der Waals surface area contributed by atoms with E-state index >= 15 is 0 Å². The number of aliphatic hydroxyl groups excluding tert-OH is 1. The molecule has 1 N–H and O–H groups in total. The van der Waals surface area contributed by atoms with Crippen LogP contribution < -0.4 is 0 Å². The molecular weight excluding hydrogens is 348 g/mol. The first-order valence-electron chi connectivity index (χ1n) is 9.41. The molecule has 0 saturated carbocycles. The second kappa shape index (κ2) is 7.18. The maximum atomic E-state index is 13.5. The third kappa shape index (κ3) is 3.10. The molecule has 1 aliphatic carbocycles. The normalized spacial score (nSPS) is 20.7. The van der Waals surface area contributed by atoms with E-state index in [1.807, 2.05) is 0 Å². The highest BCUT2D eigenvalue weighted by molar-refractivity contribution is 7.15. The van der Waals surface area contributed by atoms with Crippen LogP contribution in [-0.4, -0.2) is 52.9 Å². The highest BCUT2D eigenvalue weighted by Crippen LogP contribution is 2.39. The lowest BCUT2D eigenvalue weighted by Gasteiger charge is -2.23. The number of β-amino-alcohol motifs (C(OH)–C–C–N with tert-alkyl or cyclic N) is 1. The number of aliphatic hydroxyl groups is 1. The molecule has 1 saturated heterocycles. The van der Waals surface area contributed by atoms with E-state index in [-0.39, 0.29) is 5.91 Å². The Hall–Kier alpha value is -1.63. The molecule has 2 aromatic heterocycles. The molecule has 3 heterocycles. The summed E-state index contributed by atoms with van der Waals surface area (Å²) in [5.74, 6) is 0.0384. The summed E-state index contributed by atoms with van der Waals surface area (Å²) in [4.78, 5) is 16.6. The van der Waals surface area contributed by atoms with Crippen LogP contribution in [0, 0.1) is 13.8 Å². The van der Waals surface area contributed by atoms with Crippen LogP contribution in [-0.2, 0) is 17.6 Å². The molecule has 6 heteroatoms. The number of hydrogen-bond acceptors (Lipinski definition) is 4. The molecule has 0 radical (unpaired) electrons. The lowest BCUT2D eigenvalue weighted by molar-refractivity contribution is 0.0534. The van der Waals surface area contributed by atoms with Crippen molar-refractivity contribution in [1.82, 2.24) is 9.47 Å². The molecule has 140 valence electrons. The zero-order valence-corrected chi connectivity index (χ0v) is 16.3. The van der Waals surface area contributed by atoms with Gasteiger partial charge in [-0.05, 0) is 57.2 Å². The first kappa shape index (κ1) is 17.8. The number of hydrogen-bond donors (Lipinski definition) is 1. The first-order chi connectivity index (χ1) is 12.6. The first-order valence-corrected chi connectivity index (χ1v) is 10.2. The summed E-state index contributed by atoms with van der Waals surface area (Å²) >= 11 is 1.77. The van der Waals surface area contributed by atoms with Crippen molar-refractivity contribution in [3.05, 3.63) is 39.5 Å². The van der Waals surface area contributed by atoms with E-state index in [0.29, 0.717) is 26.3 Å². The van der Waals surface area contributed by atoms with Crippen molar-refractivity contribution in [1.29, 1.82) is 0 Å². The lowest BCUT2D eigenvalue weighted by Crippen LogP contribution is -2.38. The molecule has 0 bridgehead atoms. The minimum Gasteiger partial charge on any atom is -0.389 e. The molecule has 1 amide bonds. The number of rotatable bonds is 2. The van der Waals surface area contributed by atoms with E-state index < -0.39 is 6.10 Å². The average molecular weight is 375 g/mol. The Morgan fingerprint density at radius 3 is 2.73 bits per heavy atom. The molecule has 4 rings (SSSR count). The number of carbonyl (C=O) groups is 1. The SMILES string of the molecule is Cc1ccc(C)n1-c1sc2c(c1C(=O)N1CCOC[C@@H](O)C1)CCCC2. The van der Waals surface area contributed by atoms with Crippen LogP contribution in [0.2, 0.25) is 0 Å². The molecule has 2 aromatic rings. The standard InChI is InChI=1S/C20H26N2O3S/c1-13-7-8-14(2)22(13)20-18(16-5-3-4-6-17(16)26-20)19(24)21-9-10-25-12-15(23)11-21/h7-8,15,23H,3-6,9-12H2,1-2H3/t15-/m0/s1. The van der Waals surface area contributed by atoms with Gasteiger partial charge in [0, 0.05) is 29.4 Å². The van der Waals surface area contributed by atoms with Crippen molar-refractivity contribution in [2.45, 2.75) is 45.6 Å². The van der Waals surface area contributed by atoms with Crippen LogP contribution in [0.4, 0.5) is 0 Å². The third-order valence-electron chi connectivity index (χ3n) is 5.37. The third-order valence-corrected chi connectivity index (χ3v) is 6.65. The fourth-order valence-corrected chi connectivity index (χ4v) is 5.55. The van der Waals surface area contributed by atoms with Crippen molar-refractivity contribution in [2.24, 2.45) is 0 Å². The van der Waals surface area contributed by atoms with Crippen LogP contribution in [0.15, 0.2) is 12.1 Å². The fraction of sp³-hybridized carbons (Fsp3) is 0.550. The lowest BCUT2D eigenvalue weighted by atomic mass is 9.95. The van der Waals surface area contributed by atoms with Crippen LogP contribution in [0.3, 0.4) is 0 Å². The van der Waals surface area contributed by atoms with Crippen molar-refractivity contribution in [2.75, 3.05) is 26.3 Å². The minimum absolute atomic E-state index is 0.0384. The Morgan fingerprint density at radius 2 is 1.96 bits per heavy atom. The van der Waals surface area contributed by atoms with Crippen LogP contribution in [0.25, 0.3) is 5.00 Å². The monoisotopic (exact) mass is 374 g/mol. The molecule has 1 atom stereocenters. The number of nitrogens with zero attached hydrogens (tertiary/aromatic N) is 2. The van der Waals surface area contributed by atoms with E-state index in [2.05, 4.69) is 30.5 Å².